The number of benzene rings is 1. The average Bonchev–Trinajstić information content (AvgIpc) is 2.32. The maximum Gasteiger partial charge on any atom is 0.416 e. The summed E-state index contributed by atoms with van der Waals surface area (Å²) < 4.78 is 38.7. The van der Waals surface area contributed by atoms with Gasteiger partial charge in [-0.05, 0) is 43.0 Å². The molecule has 1 fully saturated rings. The number of hydrogen-bond donors (Lipinski definition) is 3. The van der Waals surface area contributed by atoms with Gasteiger partial charge in [0.25, 0.3) is 0 Å². The number of hydrogen-bond acceptors (Lipinski definition) is 3. The number of halogens is 3. The lowest BCUT2D eigenvalue weighted by molar-refractivity contribution is -0.138. The normalized spacial score (nSPS) is 20.9. The van der Waals surface area contributed by atoms with Crippen LogP contribution in [0.2, 0.25) is 0 Å². The second kappa shape index (κ2) is 4.68. The van der Waals surface area contributed by atoms with E-state index >= 15 is 0 Å². The van der Waals surface area contributed by atoms with Gasteiger partial charge in [-0.25, -0.2) is 0 Å². The van der Waals surface area contributed by atoms with Crippen LogP contribution in [0.4, 0.5) is 13.2 Å². The Labute approximate surface area is 102 Å². The predicted octanol–water partition coefficient (Wildman–Crippen LogP) is 2.58. The van der Waals surface area contributed by atoms with Crippen molar-refractivity contribution in [1.82, 2.24) is 5.32 Å². The number of phenolic OH excluding ortho intramolecular Hbond substituents is 2. The van der Waals surface area contributed by atoms with E-state index in [0.717, 1.165) is 19.0 Å². The molecule has 0 amide bonds. The Morgan fingerprint density at radius 3 is 2.39 bits per heavy atom. The largest absolute Gasteiger partial charge is 0.504 e. The molecule has 6 heteroatoms. The van der Waals surface area contributed by atoms with E-state index < -0.39 is 23.2 Å². The Kier molecular flexibility index (Phi) is 3.38. The second-order valence-electron chi connectivity index (χ2n) is 4.47. The van der Waals surface area contributed by atoms with Crippen LogP contribution in [0.5, 0.6) is 11.5 Å². The molecular weight excluding hydrogens is 247 g/mol. The van der Waals surface area contributed by atoms with Crippen LogP contribution in [0.1, 0.15) is 29.9 Å². The minimum Gasteiger partial charge on any atom is -0.504 e. The molecule has 3 N–H and O–H groups in total. The Bertz CT molecular complexity index is 440. The van der Waals surface area contributed by atoms with Crippen LogP contribution in [0, 0.1) is 0 Å². The Morgan fingerprint density at radius 2 is 1.83 bits per heavy atom. The molecule has 0 aromatic heterocycles. The van der Waals surface area contributed by atoms with E-state index in [0.29, 0.717) is 19.0 Å². The summed E-state index contributed by atoms with van der Waals surface area (Å²) >= 11 is 0. The summed E-state index contributed by atoms with van der Waals surface area (Å²) in [5.41, 5.74) is -0.823. The molecule has 0 radical (unpaired) electrons. The van der Waals surface area contributed by atoms with Crippen molar-refractivity contribution < 1.29 is 23.4 Å². The number of nitrogens with one attached hydrogen (secondary N) is 1. The lowest BCUT2D eigenvalue weighted by Gasteiger charge is -2.26. The molecule has 1 unspecified atom stereocenters. The van der Waals surface area contributed by atoms with Crippen LogP contribution in [-0.2, 0) is 6.18 Å². The van der Waals surface area contributed by atoms with E-state index in [2.05, 4.69) is 5.32 Å². The molecule has 0 spiro atoms. The Balaban J connectivity index is 2.46. The van der Waals surface area contributed by atoms with E-state index in [-0.39, 0.29) is 11.5 Å². The first-order chi connectivity index (χ1) is 8.39. The van der Waals surface area contributed by atoms with Crippen LogP contribution in [-0.4, -0.2) is 23.3 Å². The summed E-state index contributed by atoms with van der Waals surface area (Å²) in [4.78, 5) is 0. The molecule has 1 atom stereocenters. The third-order valence-corrected chi connectivity index (χ3v) is 3.19. The van der Waals surface area contributed by atoms with Gasteiger partial charge < -0.3 is 15.5 Å². The second-order valence-corrected chi connectivity index (χ2v) is 4.47. The highest BCUT2D eigenvalue weighted by atomic mass is 19.4. The van der Waals surface area contributed by atoms with Crippen LogP contribution in [0.15, 0.2) is 12.1 Å². The van der Waals surface area contributed by atoms with Gasteiger partial charge in [0.1, 0.15) is 0 Å². The summed E-state index contributed by atoms with van der Waals surface area (Å²) in [6, 6.07) is 1.62. The topological polar surface area (TPSA) is 52.5 Å². The lowest BCUT2D eigenvalue weighted by Crippen LogP contribution is -2.29. The quantitative estimate of drug-likeness (QED) is 0.681. The highest BCUT2D eigenvalue weighted by Gasteiger charge is 2.36. The molecule has 1 heterocycles. The van der Waals surface area contributed by atoms with E-state index in [1.165, 1.54) is 0 Å². The Morgan fingerprint density at radius 1 is 1.17 bits per heavy atom. The van der Waals surface area contributed by atoms with E-state index in [1.807, 2.05) is 0 Å². The first-order valence-electron chi connectivity index (χ1n) is 5.73. The van der Waals surface area contributed by atoms with Crippen molar-refractivity contribution in [3.8, 4) is 11.5 Å². The molecule has 0 aliphatic carbocycles. The van der Waals surface area contributed by atoms with E-state index in [4.69, 9.17) is 0 Å². The van der Waals surface area contributed by atoms with Gasteiger partial charge in [0.05, 0.1) is 5.56 Å². The number of piperidine rings is 1. The fraction of sp³-hybridized carbons (Fsp3) is 0.500. The van der Waals surface area contributed by atoms with Crippen molar-refractivity contribution in [1.29, 1.82) is 0 Å². The third-order valence-electron chi connectivity index (χ3n) is 3.19. The number of aromatic hydroxyl groups is 2. The minimum absolute atomic E-state index is 0.0463. The van der Waals surface area contributed by atoms with Crippen molar-refractivity contribution in [2.45, 2.75) is 24.9 Å². The summed E-state index contributed by atoms with van der Waals surface area (Å²) in [6.07, 6.45) is -3.10. The van der Waals surface area contributed by atoms with Gasteiger partial charge in [0, 0.05) is 6.54 Å². The number of phenols is 2. The zero-order valence-corrected chi connectivity index (χ0v) is 9.59. The van der Waals surface area contributed by atoms with E-state index in [1.54, 1.807) is 0 Å². The molecule has 1 aromatic rings. The van der Waals surface area contributed by atoms with Crippen molar-refractivity contribution in [3.05, 3.63) is 23.3 Å². The molecule has 1 aromatic carbocycles. The standard InChI is InChI=1S/C12H14F3NO2/c13-12(14,15)9-5-11(18)10(17)4-8(9)7-2-1-3-16-6-7/h4-5,7,16-18H,1-3,6H2. The molecule has 0 saturated carbocycles. The smallest absolute Gasteiger partial charge is 0.416 e. The average molecular weight is 261 g/mol. The minimum atomic E-state index is -4.53. The Hall–Kier alpha value is -1.43. The van der Waals surface area contributed by atoms with Gasteiger partial charge in [-0.1, -0.05) is 0 Å². The van der Waals surface area contributed by atoms with Crippen molar-refractivity contribution in [3.63, 3.8) is 0 Å². The van der Waals surface area contributed by atoms with Gasteiger partial charge in [-0.2, -0.15) is 13.2 Å². The molecule has 18 heavy (non-hydrogen) atoms. The van der Waals surface area contributed by atoms with Crippen LogP contribution < -0.4 is 5.32 Å². The molecule has 1 aliphatic rings. The van der Waals surface area contributed by atoms with Gasteiger partial charge in [-0.15, -0.1) is 0 Å². The SMILES string of the molecule is Oc1cc(C2CCCNC2)c(C(F)(F)F)cc1O. The number of rotatable bonds is 1. The fourth-order valence-electron chi connectivity index (χ4n) is 2.29. The van der Waals surface area contributed by atoms with Crippen molar-refractivity contribution >= 4 is 0 Å². The summed E-state index contributed by atoms with van der Waals surface area (Å²) in [5, 5.41) is 21.6. The lowest BCUT2D eigenvalue weighted by atomic mass is 9.88. The zero-order valence-electron chi connectivity index (χ0n) is 9.59. The van der Waals surface area contributed by atoms with Crippen molar-refractivity contribution in [2.75, 3.05) is 13.1 Å². The maximum atomic E-state index is 12.9. The molecule has 1 aliphatic heterocycles. The van der Waals surface area contributed by atoms with Crippen LogP contribution in [0.3, 0.4) is 0 Å². The first kappa shape index (κ1) is 13.0. The molecule has 2 rings (SSSR count). The summed E-state index contributed by atoms with van der Waals surface area (Å²) in [5.74, 6) is -1.54. The fourth-order valence-corrected chi connectivity index (χ4v) is 2.29. The molecular formula is C12H14F3NO2. The van der Waals surface area contributed by atoms with Gasteiger partial charge in [-0.3, -0.25) is 0 Å². The monoisotopic (exact) mass is 261 g/mol. The first-order valence-corrected chi connectivity index (χ1v) is 5.73. The van der Waals surface area contributed by atoms with Gasteiger partial charge in [0.2, 0.25) is 0 Å². The molecule has 1 saturated heterocycles. The highest BCUT2D eigenvalue weighted by molar-refractivity contribution is 5.48. The van der Waals surface area contributed by atoms with Crippen LogP contribution in [0.25, 0.3) is 0 Å². The molecule has 100 valence electrons. The third kappa shape index (κ3) is 2.53. The predicted molar refractivity (Wildman–Crippen MR) is 59.6 cm³/mol. The van der Waals surface area contributed by atoms with Gasteiger partial charge >= 0.3 is 6.18 Å². The van der Waals surface area contributed by atoms with E-state index in [9.17, 15) is 23.4 Å². The van der Waals surface area contributed by atoms with Crippen LogP contribution >= 0.6 is 0 Å². The zero-order chi connectivity index (χ0) is 13.3. The van der Waals surface area contributed by atoms with Gasteiger partial charge in [0.15, 0.2) is 11.5 Å². The van der Waals surface area contributed by atoms with Crippen molar-refractivity contribution in [2.24, 2.45) is 0 Å². The maximum absolute atomic E-state index is 12.9. The highest BCUT2D eigenvalue weighted by Crippen LogP contribution is 2.42. The number of alkyl halides is 3. The molecule has 0 bridgehead atoms. The summed E-state index contributed by atoms with van der Waals surface area (Å²) in [6.45, 7) is 1.25. The summed E-state index contributed by atoms with van der Waals surface area (Å²) in [7, 11) is 0. The molecule has 3 nitrogen and oxygen atoms in total.